The monoisotopic (exact) mass is 366 g/mol. The number of aliphatic hydroxyl groups excluding tert-OH is 2. The Bertz CT molecular complexity index is 723. The fourth-order valence-electron chi connectivity index (χ4n) is 1.94. The Morgan fingerprint density at radius 3 is 2.00 bits per heavy atom. The van der Waals surface area contributed by atoms with Crippen molar-refractivity contribution < 1.29 is 29.2 Å². The lowest BCUT2D eigenvalue weighted by atomic mass is 10.3. The zero-order valence-electron chi connectivity index (χ0n) is 14.4. The summed E-state index contributed by atoms with van der Waals surface area (Å²) in [5.41, 5.74) is 17.7. The molecule has 0 saturated heterocycles. The Morgan fingerprint density at radius 1 is 0.923 bits per heavy atom. The van der Waals surface area contributed by atoms with Gasteiger partial charge in [0.05, 0.1) is 11.4 Å². The Labute approximate surface area is 150 Å². The molecule has 1 aromatic heterocycles. The molecule has 0 aliphatic carbocycles. The van der Waals surface area contributed by atoms with Crippen molar-refractivity contribution in [2.45, 2.75) is 26.4 Å². The first-order valence-corrected chi connectivity index (χ1v) is 7.66. The first-order chi connectivity index (χ1) is 12.3. The first-order valence-electron chi connectivity index (χ1n) is 7.66. The van der Waals surface area contributed by atoms with Crippen LogP contribution in [0.2, 0.25) is 0 Å². The Kier molecular flexibility index (Phi) is 6.15. The number of anilines is 3. The van der Waals surface area contributed by atoms with Crippen LogP contribution in [0.15, 0.2) is 24.3 Å². The van der Waals surface area contributed by atoms with Gasteiger partial charge >= 0.3 is 0 Å². The van der Waals surface area contributed by atoms with Crippen LogP contribution in [0.3, 0.4) is 0 Å². The average molecular weight is 366 g/mol. The average Bonchev–Trinajstić information content (AvgIpc) is 2.99. The highest BCUT2D eigenvalue weighted by Crippen LogP contribution is 2.33. The lowest BCUT2D eigenvalue weighted by Gasteiger charge is -2.14. The highest BCUT2D eigenvalue weighted by molar-refractivity contribution is 5.62. The highest BCUT2D eigenvalue weighted by atomic mass is 16.7. The zero-order valence-corrected chi connectivity index (χ0v) is 14.4. The minimum Gasteiger partial charge on any atom is -0.454 e. The number of aromatic nitrogens is 1. The Balaban J connectivity index is 0.000000206. The molecule has 2 unspecified atom stereocenters. The van der Waals surface area contributed by atoms with Crippen LogP contribution in [0.4, 0.5) is 17.1 Å². The number of pyridine rings is 1. The third kappa shape index (κ3) is 5.19. The van der Waals surface area contributed by atoms with Crippen molar-refractivity contribution in [3.8, 4) is 23.3 Å². The van der Waals surface area contributed by atoms with Gasteiger partial charge in [-0.3, -0.25) is 0 Å². The topological polar surface area (TPSA) is 168 Å². The zero-order chi connectivity index (χ0) is 19.3. The van der Waals surface area contributed by atoms with E-state index in [4.69, 9.17) is 46.4 Å². The van der Waals surface area contributed by atoms with Gasteiger partial charge in [0.15, 0.2) is 24.1 Å². The van der Waals surface area contributed by atoms with Crippen molar-refractivity contribution in [3.05, 3.63) is 24.3 Å². The van der Waals surface area contributed by atoms with E-state index in [0.717, 1.165) is 11.5 Å². The van der Waals surface area contributed by atoms with Gasteiger partial charge < -0.3 is 46.4 Å². The van der Waals surface area contributed by atoms with Gasteiger partial charge in [0.1, 0.15) is 0 Å². The molecule has 1 aliphatic heterocycles. The molecule has 0 saturated carbocycles. The summed E-state index contributed by atoms with van der Waals surface area (Å²) in [6, 6.07) is 6.72. The van der Waals surface area contributed by atoms with Gasteiger partial charge in [-0.05, 0) is 32.0 Å². The maximum Gasteiger partial charge on any atom is 0.242 e. The second-order valence-electron chi connectivity index (χ2n) is 5.32. The molecule has 142 valence electrons. The second-order valence-corrected chi connectivity index (χ2v) is 5.32. The smallest absolute Gasteiger partial charge is 0.242 e. The molecule has 0 amide bonds. The predicted molar refractivity (Wildman–Crippen MR) is 94.7 cm³/mol. The molecule has 1 aliphatic rings. The third-order valence-corrected chi connectivity index (χ3v) is 2.97. The maximum atomic E-state index is 9.03. The molecule has 1 aromatic carbocycles. The summed E-state index contributed by atoms with van der Waals surface area (Å²) >= 11 is 0. The summed E-state index contributed by atoms with van der Waals surface area (Å²) in [6.45, 7) is 3.12. The molecule has 2 aromatic rings. The number of fused-ring (bicyclic) bond motifs is 1. The molecule has 3 rings (SSSR count). The fraction of sp³-hybridized carbons (Fsp3) is 0.312. The number of nitrogen functional groups attached to an aromatic ring is 3. The van der Waals surface area contributed by atoms with Crippen LogP contribution in [0.5, 0.6) is 23.3 Å². The Hall–Kier alpha value is -3.11. The number of hydrogen-bond acceptors (Lipinski definition) is 10. The molecule has 0 bridgehead atoms. The van der Waals surface area contributed by atoms with Crippen LogP contribution < -0.4 is 36.1 Å². The van der Waals surface area contributed by atoms with E-state index in [9.17, 15) is 0 Å². The number of aliphatic hydroxyl groups is 2. The number of nitrogens with zero attached hydrogens (tertiary/aromatic N) is 1. The first kappa shape index (κ1) is 19.2. The minimum atomic E-state index is -1.06. The van der Waals surface area contributed by atoms with E-state index >= 15 is 0 Å². The van der Waals surface area contributed by atoms with Crippen molar-refractivity contribution in [1.82, 2.24) is 4.98 Å². The van der Waals surface area contributed by atoms with E-state index < -0.39 is 12.6 Å². The SMILES string of the molecule is CC(O)Oc1nc(OC(C)O)c(N)cc1N.Nc1ccc2c(c1)OCO2. The molecule has 0 radical (unpaired) electrons. The van der Waals surface area contributed by atoms with E-state index in [2.05, 4.69) is 4.98 Å². The summed E-state index contributed by atoms with van der Waals surface area (Å²) in [6.07, 6.45) is -2.12. The second kappa shape index (κ2) is 8.32. The van der Waals surface area contributed by atoms with Crippen LogP contribution in [0, 0.1) is 0 Å². The van der Waals surface area contributed by atoms with Crippen molar-refractivity contribution in [3.63, 3.8) is 0 Å². The summed E-state index contributed by atoms with van der Waals surface area (Å²) in [5.74, 6) is 1.51. The van der Waals surface area contributed by atoms with Gasteiger partial charge in [0, 0.05) is 11.8 Å². The quantitative estimate of drug-likeness (QED) is 0.383. The molecule has 2 heterocycles. The van der Waals surface area contributed by atoms with Gasteiger partial charge in [0.25, 0.3) is 0 Å². The van der Waals surface area contributed by atoms with E-state index in [0.29, 0.717) is 12.5 Å². The maximum absolute atomic E-state index is 9.03. The van der Waals surface area contributed by atoms with Crippen LogP contribution in [0.25, 0.3) is 0 Å². The van der Waals surface area contributed by atoms with E-state index in [1.54, 1.807) is 18.2 Å². The number of nitrogens with two attached hydrogens (primary N) is 3. The van der Waals surface area contributed by atoms with Crippen LogP contribution in [-0.2, 0) is 0 Å². The highest BCUT2D eigenvalue weighted by Gasteiger charge is 2.13. The molecule has 0 fully saturated rings. The molecule has 26 heavy (non-hydrogen) atoms. The van der Waals surface area contributed by atoms with E-state index in [1.165, 1.54) is 19.9 Å². The summed E-state index contributed by atoms with van der Waals surface area (Å²) in [5, 5.41) is 18.1. The molecular formula is C16H22N4O6. The van der Waals surface area contributed by atoms with Gasteiger partial charge in [-0.15, -0.1) is 0 Å². The van der Waals surface area contributed by atoms with E-state index in [-0.39, 0.29) is 23.1 Å². The molecule has 8 N–H and O–H groups in total. The number of hydrogen-bond donors (Lipinski definition) is 5. The normalized spacial score (nSPS) is 14.0. The molecule has 0 spiro atoms. The van der Waals surface area contributed by atoms with Crippen molar-refractivity contribution in [2.24, 2.45) is 0 Å². The van der Waals surface area contributed by atoms with Gasteiger partial charge in [-0.1, -0.05) is 0 Å². The van der Waals surface area contributed by atoms with Crippen LogP contribution >= 0.6 is 0 Å². The predicted octanol–water partition coefficient (Wildman–Crippen LogP) is 0.678. The summed E-state index contributed by atoms with van der Waals surface area (Å²) in [7, 11) is 0. The van der Waals surface area contributed by atoms with Crippen LogP contribution in [0.1, 0.15) is 13.8 Å². The minimum absolute atomic E-state index is 0.000139. The van der Waals surface area contributed by atoms with Gasteiger partial charge in [0.2, 0.25) is 18.6 Å². The molecule has 10 nitrogen and oxygen atoms in total. The van der Waals surface area contributed by atoms with Crippen molar-refractivity contribution >= 4 is 17.1 Å². The van der Waals surface area contributed by atoms with E-state index in [1.807, 2.05) is 0 Å². The lowest BCUT2D eigenvalue weighted by molar-refractivity contribution is -0.0112. The Morgan fingerprint density at radius 2 is 1.46 bits per heavy atom. The largest absolute Gasteiger partial charge is 0.454 e. The lowest BCUT2D eigenvalue weighted by Crippen LogP contribution is -2.15. The molecule has 2 atom stereocenters. The standard InChI is InChI=1S/C9H15N3O4.C7H7NO2/c1-4(13)15-8-6(10)3-7(11)9(12-8)16-5(2)14;8-5-1-2-6-7(3-5)10-4-9-6/h3-5,13-14H,10-11H2,1-2H3;1-3H,4,8H2. The van der Waals surface area contributed by atoms with Crippen molar-refractivity contribution in [2.75, 3.05) is 24.0 Å². The molecular weight excluding hydrogens is 344 g/mol. The fourth-order valence-corrected chi connectivity index (χ4v) is 1.94. The molecule has 10 heteroatoms. The van der Waals surface area contributed by atoms with Gasteiger partial charge in [-0.2, -0.15) is 4.98 Å². The number of rotatable bonds is 4. The van der Waals surface area contributed by atoms with Crippen molar-refractivity contribution in [1.29, 1.82) is 0 Å². The number of ether oxygens (including phenoxy) is 4. The summed E-state index contributed by atoms with van der Waals surface area (Å²) < 4.78 is 20.0. The van der Waals surface area contributed by atoms with Crippen LogP contribution in [-0.4, -0.2) is 34.6 Å². The number of benzene rings is 1. The summed E-state index contributed by atoms with van der Waals surface area (Å²) in [4.78, 5) is 3.84. The third-order valence-electron chi connectivity index (χ3n) is 2.97. The van der Waals surface area contributed by atoms with Gasteiger partial charge in [-0.25, -0.2) is 0 Å².